The molecule has 0 aliphatic rings. The van der Waals surface area contributed by atoms with Crippen LogP contribution in [0.2, 0.25) is 0 Å². The largest absolute Gasteiger partial charge is 0.493 e. The van der Waals surface area contributed by atoms with E-state index < -0.39 is 0 Å². The Morgan fingerprint density at radius 3 is 2.85 bits per heavy atom. The second kappa shape index (κ2) is 5.93. The van der Waals surface area contributed by atoms with E-state index in [0.29, 0.717) is 12.4 Å². The first-order valence-corrected chi connectivity index (χ1v) is 5.23. The SMILES string of the molecule is Fc1cccc(OCCCCP)c1. The summed E-state index contributed by atoms with van der Waals surface area (Å²) < 4.78 is 18.0. The van der Waals surface area contributed by atoms with Crippen LogP contribution in [0.25, 0.3) is 0 Å². The molecule has 0 N–H and O–H groups in total. The van der Waals surface area contributed by atoms with Gasteiger partial charge in [-0.1, -0.05) is 6.07 Å². The van der Waals surface area contributed by atoms with Gasteiger partial charge in [-0.15, -0.1) is 9.24 Å². The molecule has 72 valence electrons. The van der Waals surface area contributed by atoms with Crippen LogP contribution in [0.1, 0.15) is 12.8 Å². The average molecular weight is 200 g/mol. The molecule has 1 aromatic rings. The van der Waals surface area contributed by atoms with Gasteiger partial charge in [0.15, 0.2) is 0 Å². The summed E-state index contributed by atoms with van der Waals surface area (Å²) in [6.07, 6.45) is 3.23. The van der Waals surface area contributed by atoms with Crippen molar-refractivity contribution in [1.82, 2.24) is 0 Å². The zero-order chi connectivity index (χ0) is 9.52. The summed E-state index contributed by atoms with van der Waals surface area (Å²) in [5.74, 6) is 0.368. The molecule has 1 unspecified atom stereocenters. The smallest absolute Gasteiger partial charge is 0.126 e. The van der Waals surface area contributed by atoms with Crippen molar-refractivity contribution < 1.29 is 9.13 Å². The lowest BCUT2D eigenvalue weighted by atomic mass is 10.3. The Morgan fingerprint density at radius 1 is 1.31 bits per heavy atom. The van der Waals surface area contributed by atoms with Crippen molar-refractivity contribution >= 4 is 9.24 Å². The van der Waals surface area contributed by atoms with Gasteiger partial charge in [0.2, 0.25) is 0 Å². The van der Waals surface area contributed by atoms with E-state index in [4.69, 9.17) is 4.74 Å². The minimum absolute atomic E-state index is 0.247. The van der Waals surface area contributed by atoms with Gasteiger partial charge in [0.1, 0.15) is 11.6 Å². The van der Waals surface area contributed by atoms with Crippen LogP contribution in [0, 0.1) is 5.82 Å². The Balaban J connectivity index is 2.28. The van der Waals surface area contributed by atoms with Crippen LogP contribution in [0.15, 0.2) is 24.3 Å². The first kappa shape index (κ1) is 10.5. The molecule has 0 spiro atoms. The number of unbranched alkanes of at least 4 members (excludes halogenated alkanes) is 1. The Labute approximate surface area is 80.5 Å². The summed E-state index contributed by atoms with van der Waals surface area (Å²) >= 11 is 0. The lowest BCUT2D eigenvalue weighted by molar-refractivity contribution is 0.308. The van der Waals surface area contributed by atoms with Crippen LogP contribution in [0.4, 0.5) is 4.39 Å². The van der Waals surface area contributed by atoms with E-state index in [2.05, 4.69) is 9.24 Å². The minimum Gasteiger partial charge on any atom is -0.493 e. The normalized spacial score (nSPS) is 10.0. The van der Waals surface area contributed by atoms with Crippen molar-refractivity contribution in [3.63, 3.8) is 0 Å². The Hall–Kier alpha value is -0.620. The van der Waals surface area contributed by atoms with Crippen molar-refractivity contribution in [3.05, 3.63) is 30.1 Å². The van der Waals surface area contributed by atoms with E-state index in [1.165, 1.54) is 12.1 Å². The van der Waals surface area contributed by atoms with E-state index in [-0.39, 0.29) is 5.82 Å². The van der Waals surface area contributed by atoms with Crippen molar-refractivity contribution in [2.45, 2.75) is 12.8 Å². The third-order valence-corrected chi connectivity index (χ3v) is 2.07. The standard InChI is InChI=1S/C10H14FOP/c11-9-4-3-5-10(8-9)12-6-1-2-7-13/h3-5,8H,1-2,6-7,13H2. The van der Waals surface area contributed by atoms with Crippen molar-refractivity contribution in [1.29, 1.82) is 0 Å². The van der Waals surface area contributed by atoms with E-state index in [0.717, 1.165) is 19.0 Å². The number of hydrogen-bond acceptors (Lipinski definition) is 1. The molecule has 0 heterocycles. The number of hydrogen-bond donors (Lipinski definition) is 0. The van der Waals surface area contributed by atoms with E-state index >= 15 is 0 Å². The average Bonchev–Trinajstić information content (AvgIpc) is 2.13. The maximum atomic E-state index is 12.7. The van der Waals surface area contributed by atoms with Gasteiger partial charge in [0, 0.05) is 6.07 Å². The fourth-order valence-electron chi connectivity index (χ4n) is 0.993. The molecule has 1 nitrogen and oxygen atoms in total. The zero-order valence-electron chi connectivity index (χ0n) is 7.50. The van der Waals surface area contributed by atoms with Gasteiger partial charge in [-0.05, 0) is 31.1 Å². The molecule has 0 saturated heterocycles. The molecule has 0 saturated carbocycles. The van der Waals surface area contributed by atoms with Crippen molar-refractivity contribution in [3.8, 4) is 5.75 Å². The summed E-state index contributed by atoms with van der Waals surface area (Å²) in [4.78, 5) is 0. The third-order valence-electron chi connectivity index (χ3n) is 1.66. The van der Waals surface area contributed by atoms with Crippen LogP contribution in [-0.2, 0) is 0 Å². The van der Waals surface area contributed by atoms with Crippen LogP contribution < -0.4 is 4.74 Å². The third kappa shape index (κ3) is 4.23. The summed E-state index contributed by atoms with van der Waals surface area (Å²) in [6.45, 7) is 0.665. The first-order chi connectivity index (χ1) is 6.33. The van der Waals surface area contributed by atoms with Crippen molar-refractivity contribution in [2.75, 3.05) is 12.8 Å². The second-order valence-corrected chi connectivity index (χ2v) is 3.38. The second-order valence-electron chi connectivity index (χ2n) is 2.80. The van der Waals surface area contributed by atoms with Crippen LogP contribution in [0.5, 0.6) is 5.75 Å². The molecule has 13 heavy (non-hydrogen) atoms. The summed E-state index contributed by atoms with van der Waals surface area (Å²) in [6, 6.07) is 6.24. The topological polar surface area (TPSA) is 9.23 Å². The Bertz CT molecular complexity index is 252. The van der Waals surface area contributed by atoms with Gasteiger partial charge in [0.25, 0.3) is 0 Å². The molecule has 0 aliphatic heterocycles. The first-order valence-electron chi connectivity index (χ1n) is 4.41. The molecule has 0 radical (unpaired) electrons. The molecule has 1 rings (SSSR count). The minimum atomic E-state index is -0.247. The summed E-state index contributed by atoms with van der Waals surface area (Å²) in [7, 11) is 2.67. The highest BCUT2D eigenvalue weighted by Gasteiger charge is 1.94. The zero-order valence-corrected chi connectivity index (χ0v) is 8.66. The van der Waals surface area contributed by atoms with Gasteiger partial charge in [-0.3, -0.25) is 0 Å². The number of halogens is 1. The molecule has 0 bridgehead atoms. The lowest BCUT2D eigenvalue weighted by Crippen LogP contribution is -1.97. The number of benzene rings is 1. The number of ether oxygens (including phenoxy) is 1. The van der Waals surface area contributed by atoms with E-state index in [1.807, 2.05) is 0 Å². The van der Waals surface area contributed by atoms with E-state index in [1.54, 1.807) is 12.1 Å². The monoisotopic (exact) mass is 200 g/mol. The molecule has 3 heteroatoms. The van der Waals surface area contributed by atoms with Crippen LogP contribution >= 0.6 is 9.24 Å². The predicted molar refractivity (Wildman–Crippen MR) is 55.7 cm³/mol. The predicted octanol–water partition coefficient (Wildman–Crippen LogP) is 2.86. The fourth-order valence-corrected chi connectivity index (χ4v) is 1.28. The Morgan fingerprint density at radius 2 is 2.15 bits per heavy atom. The van der Waals surface area contributed by atoms with Gasteiger partial charge in [-0.2, -0.15) is 0 Å². The molecule has 0 aromatic heterocycles. The van der Waals surface area contributed by atoms with Crippen LogP contribution in [0.3, 0.4) is 0 Å². The highest BCUT2D eigenvalue weighted by molar-refractivity contribution is 7.16. The maximum absolute atomic E-state index is 12.7. The highest BCUT2D eigenvalue weighted by Crippen LogP contribution is 2.12. The van der Waals surface area contributed by atoms with Gasteiger partial charge < -0.3 is 4.74 Å². The number of rotatable bonds is 5. The molecule has 1 atom stereocenters. The molecule has 0 aliphatic carbocycles. The summed E-state index contributed by atoms with van der Waals surface area (Å²) in [5, 5.41) is 0. The van der Waals surface area contributed by atoms with Crippen molar-refractivity contribution in [2.24, 2.45) is 0 Å². The van der Waals surface area contributed by atoms with Gasteiger partial charge in [-0.25, -0.2) is 4.39 Å². The highest BCUT2D eigenvalue weighted by atomic mass is 31.0. The van der Waals surface area contributed by atoms with E-state index in [9.17, 15) is 4.39 Å². The molecule has 0 fully saturated rings. The lowest BCUT2D eigenvalue weighted by Gasteiger charge is -2.04. The summed E-state index contributed by atoms with van der Waals surface area (Å²) in [5.41, 5.74) is 0. The molecular formula is C10H14FOP. The van der Waals surface area contributed by atoms with Gasteiger partial charge in [0.05, 0.1) is 6.61 Å². The molecule has 0 amide bonds. The molecule has 1 aromatic carbocycles. The maximum Gasteiger partial charge on any atom is 0.126 e. The Kier molecular flexibility index (Phi) is 4.77. The van der Waals surface area contributed by atoms with Gasteiger partial charge >= 0.3 is 0 Å². The molecular weight excluding hydrogens is 186 g/mol. The fraction of sp³-hybridized carbons (Fsp3) is 0.400. The van der Waals surface area contributed by atoms with Crippen LogP contribution in [-0.4, -0.2) is 12.8 Å². The quantitative estimate of drug-likeness (QED) is 0.524.